The fraction of sp³-hybridized carbons (Fsp3) is 0.438. The van der Waals surface area contributed by atoms with Gasteiger partial charge in [0, 0.05) is 6.54 Å². The Bertz CT molecular complexity index is 561. The first-order valence-electron chi connectivity index (χ1n) is 7.51. The number of benzene rings is 1. The van der Waals surface area contributed by atoms with Crippen molar-refractivity contribution in [3.05, 3.63) is 35.9 Å². The van der Waals surface area contributed by atoms with Gasteiger partial charge in [-0.1, -0.05) is 37.3 Å². The molecule has 1 aromatic rings. The Balaban J connectivity index is 1.90. The molecule has 0 bridgehead atoms. The van der Waals surface area contributed by atoms with E-state index in [0.29, 0.717) is 13.0 Å². The number of ether oxygens (including phenoxy) is 2. The molecule has 0 radical (unpaired) electrons. The van der Waals surface area contributed by atoms with Gasteiger partial charge in [0.1, 0.15) is 19.3 Å². The van der Waals surface area contributed by atoms with E-state index in [2.05, 4.69) is 5.32 Å². The molecule has 1 aliphatic rings. The first kappa shape index (κ1) is 17.0. The van der Waals surface area contributed by atoms with Crippen molar-refractivity contribution in [1.82, 2.24) is 10.2 Å². The van der Waals surface area contributed by atoms with E-state index in [-0.39, 0.29) is 25.7 Å². The molecule has 2 rings (SSSR count). The van der Waals surface area contributed by atoms with Gasteiger partial charge in [0.2, 0.25) is 0 Å². The van der Waals surface area contributed by atoms with E-state index in [1.807, 2.05) is 37.3 Å². The maximum atomic E-state index is 12.3. The van der Waals surface area contributed by atoms with Crippen molar-refractivity contribution in [2.24, 2.45) is 0 Å². The van der Waals surface area contributed by atoms with Gasteiger partial charge < -0.3 is 14.8 Å². The van der Waals surface area contributed by atoms with Gasteiger partial charge in [-0.25, -0.2) is 4.79 Å². The van der Waals surface area contributed by atoms with Gasteiger partial charge in [0.05, 0.1) is 6.61 Å². The van der Waals surface area contributed by atoms with Crippen LogP contribution in [0.15, 0.2) is 30.3 Å². The molecule has 0 spiro atoms. The highest BCUT2D eigenvalue weighted by molar-refractivity contribution is 6.00. The highest BCUT2D eigenvalue weighted by Crippen LogP contribution is 2.06. The summed E-state index contributed by atoms with van der Waals surface area (Å²) in [5.74, 6) is -0.857. The van der Waals surface area contributed by atoms with Crippen LogP contribution < -0.4 is 5.32 Å². The molecule has 1 atom stereocenters. The number of nitrogens with zero attached hydrogens (tertiary/aromatic N) is 1. The second-order valence-corrected chi connectivity index (χ2v) is 5.16. The van der Waals surface area contributed by atoms with Gasteiger partial charge >= 0.3 is 6.09 Å². The Morgan fingerprint density at radius 3 is 2.78 bits per heavy atom. The summed E-state index contributed by atoms with van der Waals surface area (Å²) in [7, 11) is 0. The summed E-state index contributed by atoms with van der Waals surface area (Å²) in [4.78, 5) is 37.1. The number of imide groups is 1. The van der Waals surface area contributed by atoms with Crippen molar-refractivity contribution < 1.29 is 23.9 Å². The van der Waals surface area contributed by atoms with Gasteiger partial charge in [-0.2, -0.15) is 0 Å². The van der Waals surface area contributed by atoms with Crippen molar-refractivity contribution in [1.29, 1.82) is 0 Å². The zero-order valence-electron chi connectivity index (χ0n) is 13.0. The lowest BCUT2D eigenvalue weighted by molar-refractivity contribution is -0.145. The topological polar surface area (TPSA) is 84.9 Å². The summed E-state index contributed by atoms with van der Waals surface area (Å²) in [6.07, 6.45) is -0.0792. The maximum Gasteiger partial charge on any atom is 0.408 e. The molecule has 23 heavy (non-hydrogen) atoms. The monoisotopic (exact) mass is 320 g/mol. The molecule has 0 saturated carbocycles. The van der Waals surface area contributed by atoms with Crippen molar-refractivity contribution in [2.75, 3.05) is 19.8 Å². The molecular formula is C16H20N2O5. The molecule has 1 heterocycles. The largest absolute Gasteiger partial charge is 0.445 e. The van der Waals surface area contributed by atoms with Crippen LogP contribution in [0, 0.1) is 0 Å². The zero-order valence-corrected chi connectivity index (χ0v) is 13.0. The van der Waals surface area contributed by atoms with Crippen molar-refractivity contribution in [2.45, 2.75) is 26.0 Å². The minimum absolute atomic E-state index is 0.0504. The molecular weight excluding hydrogens is 300 g/mol. The van der Waals surface area contributed by atoms with Crippen LogP contribution in [0.3, 0.4) is 0 Å². The summed E-state index contributed by atoms with van der Waals surface area (Å²) in [6, 6.07) is 8.28. The van der Waals surface area contributed by atoms with E-state index in [1.54, 1.807) is 0 Å². The van der Waals surface area contributed by atoms with Crippen LogP contribution in [-0.4, -0.2) is 48.6 Å². The maximum absolute atomic E-state index is 12.3. The SMILES string of the molecule is CCCN1C(=O)COCC(NC(=O)OCc2ccccc2)C1=O. The van der Waals surface area contributed by atoms with Crippen LogP contribution in [0.25, 0.3) is 0 Å². The van der Waals surface area contributed by atoms with Gasteiger partial charge in [0.15, 0.2) is 0 Å². The minimum Gasteiger partial charge on any atom is -0.445 e. The Hall–Kier alpha value is -2.41. The van der Waals surface area contributed by atoms with Crippen molar-refractivity contribution in [3.8, 4) is 0 Å². The normalized spacial score (nSPS) is 18.5. The van der Waals surface area contributed by atoms with Gasteiger partial charge in [0.25, 0.3) is 11.8 Å². The highest BCUT2D eigenvalue weighted by atomic mass is 16.5. The average Bonchev–Trinajstić information content (AvgIpc) is 2.68. The first-order chi connectivity index (χ1) is 11.1. The van der Waals surface area contributed by atoms with E-state index >= 15 is 0 Å². The molecule has 7 nitrogen and oxygen atoms in total. The molecule has 1 unspecified atom stereocenters. The predicted octanol–water partition coefficient (Wildman–Crippen LogP) is 1.08. The second kappa shape index (κ2) is 8.28. The van der Waals surface area contributed by atoms with E-state index in [9.17, 15) is 14.4 Å². The van der Waals surface area contributed by atoms with E-state index in [1.165, 1.54) is 0 Å². The summed E-state index contributed by atoms with van der Waals surface area (Å²) in [5.41, 5.74) is 0.842. The zero-order chi connectivity index (χ0) is 16.7. The third-order valence-corrected chi connectivity index (χ3v) is 3.33. The summed E-state index contributed by atoms with van der Waals surface area (Å²) in [6.45, 7) is 2.06. The number of alkyl carbamates (subject to hydrolysis) is 1. The van der Waals surface area contributed by atoms with Crippen molar-refractivity contribution >= 4 is 17.9 Å². The number of rotatable bonds is 5. The fourth-order valence-corrected chi connectivity index (χ4v) is 2.19. The van der Waals surface area contributed by atoms with Crippen LogP contribution in [0.1, 0.15) is 18.9 Å². The fourth-order valence-electron chi connectivity index (χ4n) is 2.19. The smallest absolute Gasteiger partial charge is 0.408 e. The predicted molar refractivity (Wildman–Crippen MR) is 81.4 cm³/mol. The van der Waals surface area contributed by atoms with Crippen LogP contribution in [-0.2, 0) is 25.7 Å². The number of nitrogens with one attached hydrogen (secondary N) is 1. The molecule has 1 aromatic carbocycles. The summed E-state index contributed by atoms with van der Waals surface area (Å²) in [5, 5.41) is 2.46. The van der Waals surface area contributed by atoms with Gasteiger partial charge in [-0.15, -0.1) is 0 Å². The lowest BCUT2D eigenvalue weighted by Gasteiger charge is -2.21. The third kappa shape index (κ3) is 4.79. The third-order valence-electron chi connectivity index (χ3n) is 3.33. The number of amides is 3. The summed E-state index contributed by atoms with van der Waals surface area (Å²) < 4.78 is 10.2. The molecule has 1 N–H and O–H groups in total. The second-order valence-electron chi connectivity index (χ2n) is 5.16. The average molecular weight is 320 g/mol. The standard InChI is InChI=1S/C16H20N2O5/c1-2-8-18-14(19)11-22-10-13(15(18)20)17-16(21)23-9-12-6-4-3-5-7-12/h3-7,13H,2,8-11H2,1H3,(H,17,21). The number of hydrogen-bond acceptors (Lipinski definition) is 5. The lowest BCUT2D eigenvalue weighted by Crippen LogP contribution is -2.50. The van der Waals surface area contributed by atoms with Gasteiger partial charge in [-0.05, 0) is 12.0 Å². The number of carbonyl (C=O) groups excluding carboxylic acids is 3. The lowest BCUT2D eigenvalue weighted by atomic mass is 10.2. The Kier molecular flexibility index (Phi) is 6.10. The highest BCUT2D eigenvalue weighted by Gasteiger charge is 2.33. The Morgan fingerprint density at radius 2 is 2.09 bits per heavy atom. The Morgan fingerprint density at radius 1 is 1.35 bits per heavy atom. The van der Waals surface area contributed by atoms with Crippen LogP contribution >= 0.6 is 0 Å². The molecule has 1 fully saturated rings. The molecule has 1 saturated heterocycles. The molecule has 124 valence electrons. The van der Waals surface area contributed by atoms with Crippen LogP contribution in [0.5, 0.6) is 0 Å². The summed E-state index contributed by atoms with van der Waals surface area (Å²) >= 11 is 0. The van der Waals surface area contributed by atoms with E-state index in [4.69, 9.17) is 9.47 Å². The van der Waals surface area contributed by atoms with Crippen LogP contribution in [0.4, 0.5) is 4.79 Å². The van der Waals surface area contributed by atoms with Gasteiger partial charge in [-0.3, -0.25) is 14.5 Å². The van der Waals surface area contributed by atoms with E-state index < -0.39 is 18.0 Å². The number of hydrogen-bond donors (Lipinski definition) is 1. The number of carbonyl (C=O) groups is 3. The van der Waals surface area contributed by atoms with Crippen molar-refractivity contribution in [3.63, 3.8) is 0 Å². The Labute approximate surface area is 134 Å². The molecule has 1 aliphatic heterocycles. The first-order valence-corrected chi connectivity index (χ1v) is 7.51. The quantitative estimate of drug-likeness (QED) is 0.821. The molecule has 0 aliphatic carbocycles. The molecule has 0 aromatic heterocycles. The van der Waals surface area contributed by atoms with E-state index in [0.717, 1.165) is 10.5 Å². The molecule has 7 heteroatoms. The minimum atomic E-state index is -0.920. The van der Waals surface area contributed by atoms with Crippen LogP contribution in [0.2, 0.25) is 0 Å². The molecule has 3 amide bonds.